The molecule has 0 saturated heterocycles. The lowest BCUT2D eigenvalue weighted by atomic mass is 10.0. The summed E-state index contributed by atoms with van der Waals surface area (Å²) in [5.41, 5.74) is 0. The van der Waals surface area contributed by atoms with Gasteiger partial charge < -0.3 is 14.6 Å². The Labute approximate surface area is 533 Å². The maximum Gasteiger partial charge on any atom is 0.306 e. The van der Waals surface area contributed by atoms with Crippen molar-refractivity contribution in [1.29, 1.82) is 0 Å². The highest BCUT2D eigenvalue weighted by molar-refractivity contribution is 5.70. The molecule has 0 rings (SSSR count). The highest BCUT2D eigenvalue weighted by Gasteiger charge is 2.16. The Morgan fingerprint density at radius 1 is 0.267 bits per heavy atom. The molecule has 0 aromatic carbocycles. The molecule has 5 heteroatoms. The largest absolute Gasteiger partial charge is 0.462 e. The molecule has 0 bridgehead atoms. The van der Waals surface area contributed by atoms with E-state index in [9.17, 15) is 14.7 Å². The van der Waals surface area contributed by atoms with Crippen LogP contribution in [0.15, 0.2) is 146 Å². The number of allylic oxidation sites excluding steroid dienone is 24. The minimum atomic E-state index is -0.779. The number of rotatable bonds is 66. The molecule has 0 spiro atoms. The van der Waals surface area contributed by atoms with Crippen LogP contribution in [-0.4, -0.2) is 36.4 Å². The Morgan fingerprint density at radius 3 is 0.698 bits per heavy atom. The number of carbonyl (C=O) groups is 2. The topological polar surface area (TPSA) is 72.8 Å². The standard InChI is InChI=1S/C81H136O5/c1-3-5-7-9-11-13-15-17-19-21-23-25-27-29-31-33-35-36-37-38-39-40-41-42-43-44-46-48-50-52-54-56-58-60-62-64-66-68-70-72-74-76-81(84)86-79(77-82)78-85-80(83)75-73-71-69-67-65-63-61-59-57-55-53-51-49-47-45-34-32-30-28-26-24-22-20-18-16-14-12-10-8-6-4-2/h5-8,11-14,17-20,23-26,29,31,35-36,38-39,41-42,79,82H,3-4,9-10,15-16,21-22,27-28,30,32-34,37,40,43-78H2,1-2H3/b7-5-,8-6-,13-11-,14-12-,19-17-,20-18-,25-23-,26-24-,31-29-,36-35-,39-38-,42-41-. The second-order valence-corrected chi connectivity index (χ2v) is 23.9. The molecule has 0 aromatic rings. The highest BCUT2D eigenvalue weighted by atomic mass is 16.6. The molecule has 0 aliphatic carbocycles. The van der Waals surface area contributed by atoms with Gasteiger partial charge in [-0.05, 0) is 116 Å². The quantitative estimate of drug-likeness (QED) is 0.0373. The number of carbonyl (C=O) groups excluding carboxylic acids is 2. The average Bonchev–Trinajstić information content (AvgIpc) is 3.54. The van der Waals surface area contributed by atoms with Crippen LogP contribution in [0.25, 0.3) is 0 Å². The smallest absolute Gasteiger partial charge is 0.306 e. The molecule has 0 aromatic heterocycles. The van der Waals surface area contributed by atoms with Gasteiger partial charge in [-0.15, -0.1) is 0 Å². The summed E-state index contributed by atoms with van der Waals surface area (Å²) in [5, 5.41) is 9.71. The van der Waals surface area contributed by atoms with Gasteiger partial charge in [0.15, 0.2) is 6.10 Å². The third-order valence-electron chi connectivity index (χ3n) is 15.6. The number of ether oxygens (including phenoxy) is 2. The van der Waals surface area contributed by atoms with Crippen molar-refractivity contribution in [3.63, 3.8) is 0 Å². The van der Waals surface area contributed by atoms with Gasteiger partial charge in [-0.2, -0.15) is 0 Å². The van der Waals surface area contributed by atoms with E-state index in [1.165, 1.54) is 193 Å². The fourth-order valence-corrected chi connectivity index (χ4v) is 10.3. The van der Waals surface area contributed by atoms with E-state index in [0.717, 1.165) is 116 Å². The van der Waals surface area contributed by atoms with Crippen molar-refractivity contribution in [2.75, 3.05) is 13.2 Å². The predicted molar refractivity (Wildman–Crippen MR) is 380 cm³/mol. The molecule has 0 amide bonds. The second kappa shape index (κ2) is 75.0. The molecule has 0 aliphatic heterocycles. The van der Waals surface area contributed by atoms with Gasteiger partial charge in [0.25, 0.3) is 0 Å². The van der Waals surface area contributed by atoms with Crippen molar-refractivity contribution < 1.29 is 24.2 Å². The van der Waals surface area contributed by atoms with Crippen LogP contribution >= 0.6 is 0 Å². The van der Waals surface area contributed by atoms with Gasteiger partial charge in [0.05, 0.1) is 6.61 Å². The van der Waals surface area contributed by atoms with Crippen LogP contribution in [0.5, 0.6) is 0 Å². The molecule has 0 radical (unpaired) electrons. The van der Waals surface area contributed by atoms with Gasteiger partial charge in [-0.25, -0.2) is 0 Å². The predicted octanol–water partition coefficient (Wildman–Crippen LogP) is 25.7. The Bertz CT molecular complexity index is 1780. The van der Waals surface area contributed by atoms with Crippen LogP contribution in [0.1, 0.15) is 335 Å². The molecule has 1 atom stereocenters. The number of hydrogen-bond acceptors (Lipinski definition) is 5. The molecule has 0 saturated carbocycles. The molecular weight excluding hydrogens is 1050 g/mol. The fraction of sp³-hybridized carbons (Fsp3) is 0.679. The van der Waals surface area contributed by atoms with Crippen LogP contribution in [0.4, 0.5) is 0 Å². The summed E-state index contributed by atoms with van der Waals surface area (Å²) >= 11 is 0. The van der Waals surface area contributed by atoms with Crippen molar-refractivity contribution in [3.05, 3.63) is 146 Å². The van der Waals surface area contributed by atoms with Crippen molar-refractivity contribution in [2.45, 2.75) is 341 Å². The fourth-order valence-electron chi connectivity index (χ4n) is 10.3. The third kappa shape index (κ3) is 72.3. The summed E-state index contributed by atoms with van der Waals surface area (Å²) in [6, 6.07) is 0. The van der Waals surface area contributed by atoms with Crippen LogP contribution in [0.3, 0.4) is 0 Å². The van der Waals surface area contributed by atoms with Crippen molar-refractivity contribution in [1.82, 2.24) is 0 Å². The lowest BCUT2D eigenvalue weighted by Gasteiger charge is -2.15. The molecule has 86 heavy (non-hydrogen) atoms. The first-order chi connectivity index (χ1) is 42.6. The first kappa shape index (κ1) is 81.8. The van der Waals surface area contributed by atoms with Gasteiger partial charge in [-0.3, -0.25) is 9.59 Å². The van der Waals surface area contributed by atoms with E-state index in [2.05, 4.69) is 160 Å². The normalized spacial score (nSPS) is 13.1. The second-order valence-electron chi connectivity index (χ2n) is 23.9. The summed E-state index contributed by atoms with van der Waals surface area (Å²) in [5.74, 6) is -0.582. The van der Waals surface area contributed by atoms with Crippen LogP contribution in [0, 0.1) is 0 Å². The van der Waals surface area contributed by atoms with Gasteiger partial charge in [0.1, 0.15) is 6.61 Å². The van der Waals surface area contributed by atoms with E-state index in [4.69, 9.17) is 9.47 Å². The third-order valence-corrected chi connectivity index (χ3v) is 15.6. The SMILES string of the molecule is CC/C=C\C/C=C\C/C=C\C/C=C\C/C=C\C/C=C\C/C=C\C/C=C\CCCCCCCCCCCCCCCCCCC(=O)OC(CO)COC(=O)CCCCCCCCCCCCCCCCCCCC/C=C\C/C=C\C/C=C\C/C=C\CC. The molecule has 1 unspecified atom stereocenters. The number of unbranched alkanes of at least 4 members (excludes halogenated alkanes) is 34. The monoisotopic (exact) mass is 1190 g/mol. The lowest BCUT2D eigenvalue weighted by molar-refractivity contribution is -0.161. The van der Waals surface area contributed by atoms with E-state index in [1.54, 1.807) is 0 Å². The molecular formula is C81H136O5. The molecule has 5 nitrogen and oxygen atoms in total. The van der Waals surface area contributed by atoms with E-state index in [1.807, 2.05) is 0 Å². The van der Waals surface area contributed by atoms with E-state index in [-0.39, 0.29) is 25.2 Å². The number of aliphatic hydroxyl groups excluding tert-OH is 1. The Morgan fingerprint density at radius 2 is 0.465 bits per heavy atom. The zero-order valence-electron chi connectivity index (χ0n) is 56.3. The zero-order chi connectivity index (χ0) is 61.9. The minimum Gasteiger partial charge on any atom is -0.462 e. The number of esters is 2. The summed E-state index contributed by atoms with van der Waals surface area (Å²) in [6.07, 6.45) is 113. The van der Waals surface area contributed by atoms with Gasteiger partial charge in [0.2, 0.25) is 0 Å². The molecule has 1 N–H and O–H groups in total. The van der Waals surface area contributed by atoms with E-state index < -0.39 is 6.10 Å². The molecule has 0 aliphatic rings. The number of aliphatic hydroxyl groups is 1. The van der Waals surface area contributed by atoms with E-state index >= 15 is 0 Å². The highest BCUT2D eigenvalue weighted by Crippen LogP contribution is 2.18. The van der Waals surface area contributed by atoms with Crippen LogP contribution in [0.2, 0.25) is 0 Å². The first-order valence-corrected chi connectivity index (χ1v) is 36.4. The zero-order valence-corrected chi connectivity index (χ0v) is 56.3. The Kier molecular flexibility index (Phi) is 71.3. The maximum absolute atomic E-state index is 12.4. The molecule has 490 valence electrons. The Balaban J connectivity index is 3.47. The van der Waals surface area contributed by atoms with Gasteiger partial charge in [-0.1, -0.05) is 352 Å². The summed E-state index contributed by atoms with van der Waals surface area (Å²) in [6.45, 7) is 3.94. The van der Waals surface area contributed by atoms with Crippen molar-refractivity contribution in [3.8, 4) is 0 Å². The number of hydrogen-bond donors (Lipinski definition) is 1. The van der Waals surface area contributed by atoms with Crippen LogP contribution < -0.4 is 0 Å². The van der Waals surface area contributed by atoms with Gasteiger partial charge >= 0.3 is 11.9 Å². The first-order valence-electron chi connectivity index (χ1n) is 36.4. The lowest BCUT2D eigenvalue weighted by Crippen LogP contribution is -2.28. The van der Waals surface area contributed by atoms with Crippen LogP contribution in [-0.2, 0) is 19.1 Å². The van der Waals surface area contributed by atoms with Crippen molar-refractivity contribution in [2.24, 2.45) is 0 Å². The molecule has 0 heterocycles. The maximum atomic E-state index is 12.4. The Hall–Kier alpha value is -4.22. The van der Waals surface area contributed by atoms with E-state index in [0.29, 0.717) is 12.8 Å². The summed E-state index contributed by atoms with van der Waals surface area (Å²) < 4.78 is 10.8. The summed E-state index contributed by atoms with van der Waals surface area (Å²) in [4.78, 5) is 24.7. The summed E-state index contributed by atoms with van der Waals surface area (Å²) in [7, 11) is 0. The minimum absolute atomic E-state index is 0.0680. The average molecular weight is 1190 g/mol. The van der Waals surface area contributed by atoms with Crippen molar-refractivity contribution >= 4 is 11.9 Å². The molecule has 0 fully saturated rings. The van der Waals surface area contributed by atoms with Gasteiger partial charge in [0, 0.05) is 12.8 Å².